The van der Waals surface area contributed by atoms with Gasteiger partial charge in [-0.25, -0.2) is 0 Å². The number of pyridine rings is 1. The number of aromatic nitrogens is 2. The minimum Gasteiger partial charge on any atom is -0.334 e. The molecule has 2 aromatic heterocycles. The van der Waals surface area contributed by atoms with Gasteiger partial charge in [0, 0.05) is 28.5 Å². The highest BCUT2D eigenvalue weighted by Gasteiger charge is 2.17. The van der Waals surface area contributed by atoms with E-state index in [1.807, 2.05) is 0 Å². The predicted octanol–water partition coefficient (Wildman–Crippen LogP) is 5.54. The zero-order chi connectivity index (χ0) is 16.7. The first kappa shape index (κ1) is 14.9. The van der Waals surface area contributed by atoms with Gasteiger partial charge in [-0.3, -0.25) is 4.98 Å². The van der Waals surface area contributed by atoms with Gasteiger partial charge in [-0.15, -0.1) is 0 Å². The highest BCUT2D eigenvalue weighted by atomic mass is 15.0. The van der Waals surface area contributed by atoms with Gasteiger partial charge >= 0.3 is 0 Å². The van der Waals surface area contributed by atoms with Crippen LogP contribution in [0.4, 0.5) is 0 Å². The Labute approximate surface area is 142 Å². The van der Waals surface area contributed by atoms with E-state index < -0.39 is 0 Å². The molecule has 4 rings (SSSR count). The molecule has 119 valence electrons. The largest absolute Gasteiger partial charge is 0.334 e. The van der Waals surface area contributed by atoms with Crippen molar-refractivity contribution >= 4 is 21.8 Å². The van der Waals surface area contributed by atoms with E-state index >= 15 is 0 Å². The second-order valence-electron chi connectivity index (χ2n) is 6.64. The van der Waals surface area contributed by atoms with Gasteiger partial charge in [-0.05, 0) is 30.5 Å². The van der Waals surface area contributed by atoms with E-state index in [0.29, 0.717) is 5.92 Å². The third-order valence-electron chi connectivity index (χ3n) is 4.56. The second-order valence-corrected chi connectivity index (χ2v) is 6.64. The van der Waals surface area contributed by atoms with Gasteiger partial charge in [-0.2, -0.15) is 0 Å². The van der Waals surface area contributed by atoms with Crippen molar-refractivity contribution in [3.8, 4) is 0 Å². The molecule has 0 bridgehead atoms. The van der Waals surface area contributed by atoms with Gasteiger partial charge in [0.2, 0.25) is 0 Å². The number of benzene rings is 2. The highest BCUT2D eigenvalue weighted by molar-refractivity contribution is 6.09. The molecule has 0 aliphatic carbocycles. The van der Waals surface area contributed by atoms with Crippen molar-refractivity contribution in [2.24, 2.45) is 0 Å². The first-order valence-corrected chi connectivity index (χ1v) is 8.43. The maximum Gasteiger partial charge on any atom is 0.0716 e. The first-order chi connectivity index (χ1) is 11.6. The maximum absolute atomic E-state index is 4.77. The molecular weight excluding hydrogens is 292 g/mol. The lowest BCUT2D eigenvalue weighted by atomic mass is 10.1. The fraction of sp³-hybridized carbons (Fsp3) is 0.182. The number of hydrogen-bond acceptors (Lipinski definition) is 1. The van der Waals surface area contributed by atoms with Crippen molar-refractivity contribution in [3.63, 3.8) is 0 Å². The van der Waals surface area contributed by atoms with Crippen LogP contribution < -0.4 is 0 Å². The average molecular weight is 313 g/mol. The van der Waals surface area contributed by atoms with Crippen LogP contribution in [0.2, 0.25) is 0 Å². The highest BCUT2D eigenvalue weighted by Crippen LogP contribution is 2.34. The van der Waals surface area contributed by atoms with Crippen LogP contribution in [0.15, 0.2) is 60.7 Å². The van der Waals surface area contributed by atoms with Crippen LogP contribution in [0, 0.1) is 6.92 Å². The molecule has 4 aromatic rings. The number of nitrogens with zero attached hydrogens (tertiary/aromatic N) is 2. The molecule has 2 aromatic carbocycles. The Kier molecular flexibility index (Phi) is 3.61. The summed E-state index contributed by atoms with van der Waals surface area (Å²) >= 11 is 0. The minimum atomic E-state index is 0.355. The first-order valence-electron chi connectivity index (χ1n) is 8.43. The molecule has 0 aliphatic rings. The van der Waals surface area contributed by atoms with Crippen molar-refractivity contribution in [3.05, 3.63) is 84.5 Å². The second kappa shape index (κ2) is 5.79. The third-order valence-corrected chi connectivity index (χ3v) is 4.56. The predicted molar refractivity (Wildman–Crippen MR) is 101 cm³/mol. The molecule has 2 heteroatoms. The Morgan fingerprint density at radius 2 is 1.67 bits per heavy atom. The van der Waals surface area contributed by atoms with E-state index in [-0.39, 0.29) is 0 Å². The molecule has 1 radical (unpaired) electrons. The Balaban J connectivity index is 2.08. The fourth-order valence-corrected chi connectivity index (χ4v) is 3.49. The van der Waals surface area contributed by atoms with Crippen molar-refractivity contribution in [2.75, 3.05) is 0 Å². The lowest BCUT2D eigenvalue weighted by molar-refractivity contribution is 0.799. The zero-order valence-corrected chi connectivity index (χ0v) is 14.2. The van der Waals surface area contributed by atoms with Gasteiger partial charge in [0.15, 0.2) is 0 Å². The zero-order valence-electron chi connectivity index (χ0n) is 14.2. The molecule has 0 amide bonds. The lowest BCUT2D eigenvalue weighted by Crippen LogP contribution is -2.04. The van der Waals surface area contributed by atoms with Crippen LogP contribution in [0.3, 0.4) is 0 Å². The third kappa shape index (κ3) is 2.39. The molecule has 0 unspecified atom stereocenters. The van der Waals surface area contributed by atoms with Crippen molar-refractivity contribution in [2.45, 2.75) is 26.3 Å². The average Bonchev–Trinajstić information content (AvgIpc) is 2.89. The number of fused-ring (bicyclic) bond motifs is 3. The Hall–Kier alpha value is -2.61. The van der Waals surface area contributed by atoms with Gasteiger partial charge < -0.3 is 4.57 Å². The number of hydrogen-bond donors (Lipinski definition) is 0. The minimum absolute atomic E-state index is 0.355. The summed E-state index contributed by atoms with van der Waals surface area (Å²) in [5.74, 6) is 0.355. The van der Waals surface area contributed by atoms with E-state index in [1.54, 1.807) is 0 Å². The van der Waals surface area contributed by atoms with Gasteiger partial charge in [0.25, 0.3) is 0 Å². The quantitative estimate of drug-likeness (QED) is 0.485. The summed E-state index contributed by atoms with van der Waals surface area (Å²) in [7, 11) is 0. The Bertz CT molecular complexity index is 1010. The van der Waals surface area contributed by atoms with Crippen LogP contribution in [-0.4, -0.2) is 9.55 Å². The van der Waals surface area contributed by atoms with Crippen molar-refractivity contribution < 1.29 is 0 Å². The Morgan fingerprint density at radius 1 is 0.958 bits per heavy atom. The molecule has 24 heavy (non-hydrogen) atoms. The summed E-state index contributed by atoms with van der Waals surface area (Å²) in [4.78, 5) is 4.77. The van der Waals surface area contributed by atoms with Crippen LogP contribution in [0.1, 0.15) is 36.7 Å². The molecule has 0 saturated heterocycles. The van der Waals surface area contributed by atoms with Crippen molar-refractivity contribution in [1.82, 2.24) is 9.55 Å². The molecule has 0 spiro atoms. The van der Waals surface area contributed by atoms with Gasteiger partial charge in [-0.1, -0.05) is 62.4 Å². The molecule has 2 heterocycles. The van der Waals surface area contributed by atoms with E-state index in [0.717, 1.165) is 17.9 Å². The summed E-state index contributed by atoms with van der Waals surface area (Å²) in [5, 5.41) is 2.53. The number of rotatable bonds is 3. The van der Waals surface area contributed by atoms with E-state index in [1.165, 1.54) is 27.4 Å². The van der Waals surface area contributed by atoms with Gasteiger partial charge in [0.1, 0.15) is 0 Å². The summed E-state index contributed by atoms with van der Waals surface area (Å²) in [6.07, 6.45) is 0. The Morgan fingerprint density at radius 3 is 2.42 bits per heavy atom. The SMILES string of the molecule is [CH2]c1cc2c3ccccc3n(Cc3ccccc3)c2c(C(C)C)n1. The molecule has 0 fully saturated rings. The monoisotopic (exact) mass is 313 g/mol. The summed E-state index contributed by atoms with van der Waals surface area (Å²) < 4.78 is 2.40. The summed E-state index contributed by atoms with van der Waals surface area (Å²) in [6, 6.07) is 21.3. The molecule has 0 aliphatic heterocycles. The van der Waals surface area contributed by atoms with Crippen LogP contribution in [-0.2, 0) is 6.54 Å². The number of para-hydroxylation sites is 1. The molecule has 2 nitrogen and oxygen atoms in total. The fourth-order valence-electron chi connectivity index (χ4n) is 3.49. The van der Waals surface area contributed by atoms with E-state index in [2.05, 4.69) is 86.0 Å². The maximum atomic E-state index is 4.77. The summed E-state index contributed by atoms with van der Waals surface area (Å²) in [6.45, 7) is 9.34. The standard InChI is InChI=1S/C22H21N2/c1-15(2)21-22-19(13-16(3)23-21)18-11-7-8-12-20(18)24(22)14-17-9-5-4-6-10-17/h4-13,15H,3,14H2,1-2H3. The van der Waals surface area contributed by atoms with E-state index in [9.17, 15) is 0 Å². The lowest BCUT2D eigenvalue weighted by Gasteiger charge is -2.13. The molecule has 0 saturated carbocycles. The summed E-state index contributed by atoms with van der Waals surface area (Å²) in [5.41, 5.74) is 5.76. The topological polar surface area (TPSA) is 17.8 Å². The normalized spacial score (nSPS) is 11.7. The molecular formula is C22H21N2. The van der Waals surface area contributed by atoms with Crippen LogP contribution in [0.25, 0.3) is 21.8 Å². The molecule has 0 atom stereocenters. The van der Waals surface area contributed by atoms with Crippen molar-refractivity contribution in [1.29, 1.82) is 0 Å². The van der Waals surface area contributed by atoms with Crippen LogP contribution >= 0.6 is 0 Å². The van der Waals surface area contributed by atoms with Gasteiger partial charge in [0.05, 0.1) is 11.2 Å². The smallest absolute Gasteiger partial charge is 0.0716 e. The molecule has 0 N–H and O–H groups in total. The van der Waals surface area contributed by atoms with Crippen LogP contribution in [0.5, 0.6) is 0 Å². The van der Waals surface area contributed by atoms with E-state index in [4.69, 9.17) is 4.98 Å².